The van der Waals surface area contributed by atoms with Gasteiger partial charge in [-0.3, -0.25) is 4.79 Å². The molecule has 2 aliphatic carbocycles. The van der Waals surface area contributed by atoms with E-state index in [1.807, 2.05) is 6.08 Å². The highest BCUT2D eigenvalue weighted by Gasteiger charge is 2.56. The van der Waals surface area contributed by atoms with Crippen LogP contribution in [0.3, 0.4) is 0 Å². The third kappa shape index (κ3) is 1.91. The van der Waals surface area contributed by atoms with Crippen LogP contribution < -0.4 is 0 Å². The molecule has 0 radical (unpaired) electrons. The van der Waals surface area contributed by atoms with Crippen LogP contribution in [-0.4, -0.2) is 29.7 Å². The summed E-state index contributed by atoms with van der Waals surface area (Å²) in [6, 6.07) is 0. The Balaban J connectivity index is 2.01. The molecule has 1 saturated heterocycles. The van der Waals surface area contributed by atoms with Gasteiger partial charge in [0.15, 0.2) is 5.78 Å². The van der Waals surface area contributed by atoms with E-state index >= 15 is 0 Å². The normalized spacial score (nSPS) is 37.5. The van der Waals surface area contributed by atoms with Crippen LogP contribution in [0.15, 0.2) is 23.8 Å². The van der Waals surface area contributed by atoms with Gasteiger partial charge < -0.3 is 9.84 Å². The Kier molecular flexibility index (Phi) is 3.35. The smallest absolute Gasteiger partial charge is 0.178 e. The van der Waals surface area contributed by atoms with E-state index in [9.17, 15) is 9.90 Å². The molecule has 0 amide bonds. The molecule has 1 aliphatic heterocycles. The summed E-state index contributed by atoms with van der Waals surface area (Å²) < 4.78 is 6.23. The highest BCUT2D eigenvalue weighted by molar-refractivity contribution is 6.01. The van der Waals surface area contributed by atoms with Gasteiger partial charge in [-0.2, -0.15) is 0 Å². The van der Waals surface area contributed by atoms with Gasteiger partial charge >= 0.3 is 0 Å². The predicted molar refractivity (Wildman–Crippen MR) is 72.8 cm³/mol. The first kappa shape index (κ1) is 13.1. The van der Waals surface area contributed by atoms with Crippen molar-refractivity contribution in [1.82, 2.24) is 0 Å². The molecule has 3 rings (SSSR count). The third-order valence-corrected chi connectivity index (χ3v) is 5.11. The molecular formula is C16H22O3. The average molecular weight is 262 g/mol. The third-order valence-electron chi connectivity index (χ3n) is 5.11. The summed E-state index contributed by atoms with van der Waals surface area (Å²) in [6.45, 7) is 1.01. The quantitative estimate of drug-likeness (QED) is 0.850. The Morgan fingerprint density at radius 2 is 2.16 bits per heavy atom. The van der Waals surface area contributed by atoms with Gasteiger partial charge in [0.1, 0.15) is 5.60 Å². The lowest BCUT2D eigenvalue weighted by Gasteiger charge is -2.57. The van der Waals surface area contributed by atoms with Crippen molar-refractivity contribution in [1.29, 1.82) is 0 Å². The summed E-state index contributed by atoms with van der Waals surface area (Å²) in [7, 11) is 0. The van der Waals surface area contributed by atoms with Crippen molar-refractivity contribution in [2.75, 3.05) is 13.2 Å². The Morgan fingerprint density at radius 1 is 1.32 bits per heavy atom. The number of carbonyl (C=O) groups excluding carboxylic acids is 1. The maximum Gasteiger partial charge on any atom is 0.178 e. The van der Waals surface area contributed by atoms with Gasteiger partial charge in [0.05, 0.1) is 0 Å². The van der Waals surface area contributed by atoms with E-state index < -0.39 is 0 Å². The maximum absolute atomic E-state index is 11.6. The lowest BCUT2D eigenvalue weighted by atomic mass is 9.55. The second kappa shape index (κ2) is 4.88. The van der Waals surface area contributed by atoms with Gasteiger partial charge in [-0.05, 0) is 68.7 Å². The maximum atomic E-state index is 11.6. The predicted octanol–water partition coefficient (Wildman–Crippen LogP) is 2.54. The molecule has 19 heavy (non-hydrogen) atoms. The molecule has 3 nitrogen and oxygen atoms in total. The Labute approximate surface area is 114 Å². The standard InChI is InChI=1S/C16H22O3/c17-10-2-7-15-6-1-4-13-12-14(18)5-9-16(13,15)19-11-3-8-15/h5,9,12,17H,1-4,6-8,10-11H2/t15-,16+/m0/s1. The topological polar surface area (TPSA) is 46.5 Å². The second-order valence-electron chi connectivity index (χ2n) is 6.05. The highest BCUT2D eigenvalue weighted by atomic mass is 16.5. The van der Waals surface area contributed by atoms with Crippen molar-refractivity contribution in [3.8, 4) is 0 Å². The van der Waals surface area contributed by atoms with Gasteiger partial charge in [0.2, 0.25) is 0 Å². The van der Waals surface area contributed by atoms with E-state index in [0.29, 0.717) is 0 Å². The molecule has 1 spiro atoms. The largest absolute Gasteiger partial charge is 0.396 e. The second-order valence-corrected chi connectivity index (χ2v) is 6.05. The van der Waals surface area contributed by atoms with Crippen molar-refractivity contribution in [3.63, 3.8) is 0 Å². The van der Waals surface area contributed by atoms with Gasteiger partial charge in [-0.25, -0.2) is 0 Å². The molecule has 2 atom stereocenters. The van der Waals surface area contributed by atoms with E-state index in [-0.39, 0.29) is 23.4 Å². The number of ether oxygens (including phenoxy) is 1. The van der Waals surface area contributed by atoms with Gasteiger partial charge in [0.25, 0.3) is 0 Å². The molecule has 0 bridgehead atoms. The van der Waals surface area contributed by atoms with E-state index in [2.05, 4.69) is 0 Å². The SMILES string of the molecule is O=C1C=C[C@]23OCCC[C@@]2(CCCO)CCCC3=C1. The van der Waals surface area contributed by atoms with Crippen LogP contribution in [0, 0.1) is 5.41 Å². The minimum absolute atomic E-state index is 0.0905. The van der Waals surface area contributed by atoms with Crippen LogP contribution in [0.2, 0.25) is 0 Å². The summed E-state index contributed by atoms with van der Waals surface area (Å²) in [6.07, 6.45) is 12.8. The van der Waals surface area contributed by atoms with Gasteiger partial charge in [-0.15, -0.1) is 0 Å². The van der Waals surface area contributed by atoms with E-state index in [0.717, 1.165) is 51.6 Å². The minimum atomic E-state index is -0.355. The van der Waals surface area contributed by atoms with Gasteiger partial charge in [-0.1, -0.05) is 0 Å². The molecule has 1 heterocycles. The monoisotopic (exact) mass is 262 g/mol. The van der Waals surface area contributed by atoms with Crippen LogP contribution in [0.1, 0.15) is 44.9 Å². The van der Waals surface area contributed by atoms with Crippen LogP contribution in [0.5, 0.6) is 0 Å². The number of aliphatic hydroxyl groups is 1. The first-order valence-electron chi connectivity index (χ1n) is 7.42. The molecule has 0 unspecified atom stereocenters. The molecule has 0 aromatic heterocycles. The van der Waals surface area contributed by atoms with Crippen LogP contribution >= 0.6 is 0 Å². The number of rotatable bonds is 3. The Morgan fingerprint density at radius 3 is 3.00 bits per heavy atom. The molecule has 2 fully saturated rings. The molecular weight excluding hydrogens is 240 g/mol. The fraction of sp³-hybridized carbons (Fsp3) is 0.688. The first-order valence-corrected chi connectivity index (χ1v) is 7.42. The summed E-state index contributed by atoms with van der Waals surface area (Å²) in [5.74, 6) is 0.0905. The van der Waals surface area contributed by atoms with Crippen molar-refractivity contribution < 1.29 is 14.6 Å². The number of hydrogen-bond acceptors (Lipinski definition) is 3. The fourth-order valence-corrected chi connectivity index (χ4v) is 4.31. The summed E-state index contributed by atoms with van der Waals surface area (Å²) in [5, 5.41) is 9.19. The van der Waals surface area contributed by atoms with Crippen molar-refractivity contribution in [3.05, 3.63) is 23.8 Å². The highest BCUT2D eigenvalue weighted by Crippen LogP contribution is 2.58. The lowest BCUT2D eigenvalue weighted by molar-refractivity contribution is -0.140. The lowest BCUT2D eigenvalue weighted by Crippen LogP contribution is -2.56. The van der Waals surface area contributed by atoms with Crippen molar-refractivity contribution >= 4 is 5.78 Å². The number of aliphatic hydroxyl groups excluding tert-OH is 1. The molecule has 104 valence electrons. The molecule has 1 N–H and O–H groups in total. The number of carbonyl (C=O) groups is 1. The number of ketones is 1. The molecule has 0 aromatic carbocycles. The van der Waals surface area contributed by atoms with Crippen molar-refractivity contribution in [2.24, 2.45) is 5.41 Å². The minimum Gasteiger partial charge on any atom is -0.396 e. The zero-order chi connectivity index (χ0) is 13.3. The molecule has 3 aliphatic rings. The zero-order valence-electron chi connectivity index (χ0n) is 11.4. The fourth-order valence-electron chi connectivity index (χ4n) is 4.31. The van der Waals surface area contributed by atoms with Crippen LogP contribution in [-0.2, 0) is 9.53 Å². The van der Waals surface area contributed by atoms with E-state index in [1.165, 1.54) is 5.57 Å². The molecule has 1 saturated carbocycles. The summed E-state index contributed by atoms with van der Waals surface area (Å²) >= 11 is 0. The Bertz CT molecular complexity index is 433. The van der Waals surface area contributed by atoms with Crippen LogP contribution in [0.4, 0.5) is 0 Å². The molecule has 3 heteroatoms. The summed E-state index contributed by atoms with van der Waals surface area (Å²) in [4.78, 5) is 11.6. The number of allylic oxidation sites excluding steroid dienone is 2. The van der Waals surface area contributed by atoms with E-state index in [1.54, 1.807) is 12.2 Å². The number of hydrogen-bond donors (Lipinski definition) is 1. The zero-order valence-corrected chi connectivity index (χ0v) is 11.4. The van der Waals surface area contributed by atoms with Gasteiger partial charge in [0, 0.05) is 18.6 Å². The average Bonchev–Trinajstić information content (AvgIpc) is 2.44. The van der Waals surface area contributed by atoms with Crippen LogP contribution in [0.25, 0.3) is 0 Å². The van der Waals surface area contributed by atoms with Crippen molar-refractivity contribution in [2.45, 2.75) is 50.5 Å². The summed E-state index contributed by atoms with van der Waals surface area (Å²) in [5.41, 5.74) is 0.908. The Hall–Kier alpha value is -0.930. The first-order chi connectivity index (χ1) is 9.22. The molecule has 0 aromatic rings. The van der Waals surface area contributed by atoms with E-state index in [4.69, 9.17) is 4.74 Å².